The predicted molar refractivity (Wildman–Crippen MR) is 84.8 cm³/mol. The van der Waals surface area contributed by atoms with Gasteiger partial charge in [0.25, 0.3) is 5.69 Å². The third-order valence-electron chi connectivity index (χ3n) is 3.20. The minimum Gasteiger partial charge on any atom is -0.408 e. The van der Waals surface area contributed by atoms with Gasteiger partial charge in [0.2, 0.25) is 5.91 Å². The SMILES string of the molecule is N#Cc1ccsc1NC(=O)Cn1c(=O)oc2ccc([N+](=O)[O-])cc21. The average Bonchev–Trinajstić information content (AvgIpc) is 3.11. The summed E-state index contributed by atoms with van der Waals surface area (Å²) in [5.74, 6) is -1.35. The topological polar surface area (TPSA) is 131 Å². The Hall–Kier alpha value is -3.45. The van der Waals surface area contributed by atoms with Gasteiger partial charge in [-0.15, -0.1) is 11.3 Å². The smallest absolute Gasteiger partial charge is 0.408 e. The number of nitro benzene ring substituents is 1. The van der Waals surface area contributed by atoms with Crippen molar-refractivity contribution < 1.29 is 14.1 Å². The molecule has 0 radical (unpaired) electrons. The molecular formula is C14H8N4O5S. The van der Waals surface area contributed by atoms with Gasteiger partial charge >= 0.3 is 5.76 Å². The fourth-order valence-electron chi connectivity index (χ4n) is 2.12. The third kappa shape index (κ3) is 2.75. The zero-order valence-corrected chi connectivity index (χ0v) is 12.7. The van der Waals surface area contributed by atoms with Crippen LogP contribution < -0.4 is 11.1 Å². The lowest BCUT2D eigenvalue weighted by atomic mass is 10.3. The van der Waals surface area contributed by atoms with Crippen LogP contribution in [0.3, 0.4) is 0 Å². The van der Waals surface area contributed by atoms with Crippen molar-refractivity contribution in [1.29, 1.82) is 5.26 Å². The standard InChI is InChI=1S/C14H8N4O5S/c15-6-8-3-4-24-13(8)16-12(19)7-17-10-5-9(18(21)22)1-2-11(10)23-14(17)20/h1-5H,7H2,(H,16,19). The van der Waals surface area contributed by atoms with Crippen LogP contribution in [0.15, 0.2) is 38.9 Å². The molecule has 0 aliphatic heterocycles. The number of hydrogen-bond acceptors (Lipinski definition) is 7. The second-order valence-electron chi connectivity index (χ2n) is 4.69. The molecule has 120 valence electrons. The minimum absolute atomic E-state index is 0.146. The average molecular weight is 344 g/mol. The Morgan fingerprint density at radius 3 is 2.96 bits per heavy atom. The molecule has 0 saturated carbocycles. The number of rotatable bonds is 4. The number of fused-ring (bicyclic) bond motifs is 1. The highest BCUT2D eigenvalue weighted by Crippen LogP contribution is 2.23. The number of amides is 1. The van der Waals surface area contributed by atoms with E-state index in [4.69, 9.17) is 9.68 Å². The van der Waals surface area contributed by atoms with Gasteiger partial charge in [0.15, 0.2) is 5.58 Å². The summed E-state index contributed by atoms with van der Waals surface area (Å²) < 4.78 is 5.97. The highest BCUT2D eigenvalue weighted by molar-refractivity contribution is 7.14. The fourth-order valence-corrected chi connectivity index (χ4v) is 2.87. The van der Waals surface area contributed by atoms with Crippen LogP contribution in [0, 0.1) is 21.4 Å². The van der Waals surface area contributed by atoms with Crippen molar-refractivity contribution in [1.82, 2.24) is 4.57 Å². The molecule has 3 rings (SSSR count). The van der Waals surface area contributed by atoms with Crippen molar-refractivity contribution in [3.8, 4) is 6.07 Å². The van der Waals surface area contributed by atoms with Crippen molar-refractivity contribution in [3.63, 3.8) is 0 Å². The lowest BCUT2D eigenvalue weighted by Gasteiger charge is -2.04. The van der Waals surface area contributed by atoms with Gasteiger partial charge in [-0.05, 0) is 17.5 Å². The Morgan fingerprint density at radius 1 is 1.46 bits per heavy atom. The Morgan fingerprint density at radius 2 is 2.25 bits per heavy atom. The molecule has 0 saturated heterocycles. The zero-order valence-electron chi connectivity index (χ0n) is 11.9. The van der Waals surface area contributed by atoms with E-state index in [9.17, 15) is 19.7 Å². The zero-order chi connectivity index (χ0) is 17.3. The lowest BCUT2D eigenvalue weighted by molar-refractivity contribution is -0.384. The number of nitrogens with one attached hydrogen (secondary N) is 1. The van der Waals surface area contributed by atoms with Gasteiger partial charge in [-0.25, -0.2) is 4.79 Å². The van der Waals surface area contributed by atoms with E-state index in [2.05, 4.69) is 5.32 Å². The number of hydrogen-bond donors (Lipinski definition) is 1. The summed E-state index contributed by atoms with van der Waals surface area (Å²) in [6, 6.07) is 7.17. The molecule has 0 aliphatic rings. The third-order valence-corrected chi connectivity index (χ3v) is 4.03. The van der Waals surface area contributed by atoms with Crippen LogP contribution >= 0.6 is 11.3 Å². The number of carbonyl (C=O) groups is 1. The molecule has 9 nitrogen and oxygen atoms in total. The van der Waals surface area contributed by atoms with Gasteiger partial charge in [-0.1, -0.05) is 0 Å². The number of nitriles is 1. The van der Waals surface area contributed by atoms with Crippen molar-refractivity contribution in [2.75, 3.05) is 5.32 Å². The Kier molecular flexibility index (Phi) is 3.85. The first-order valence-corrected chi connectivity index (χ1v) is 7.43. The molecule has 2 heterocycles. The van der Waals surface area contributed by atoms with Gasteiger partial charge < -0.3 is 9.73 Å². The first kappa shape index (κ1) is 15.4. The van der Waals surface area contributed by atoms with E-state index in [1.165, 1.54) is 29.5 Å². The second kappa shape index (κ2) is 5.98. The van der Waals surface area contributed by atoms with E-state index >= 15 is 0 Å². The number of carbonyl (C=O) groups excluding carboxylic acids is 1. The van der Waals surface area contributed by atoms with Crippen LogP contribution in [0.25, 0.3) is 11.1 Å². The molecule has 0 atom stereocenters. The highest BCUT2D eigenvalue weighted by Gasteiger charge is 2.17. The first-order chi connectivity index (χ1) is 11.5. The number of thiophene rings is 1. The molecule has 2 aromatic heterocycles. The van der Waals surface area contributed by atoms with E-state index in [0.717, 1.165) is 4.57 Å². The summed E-state index contributed by atoms with van der Waals surface area (Å²) in [7, 11) is 0. The second-order valence-corrected chi connectivity index (χ2v) is 5.60. The molecule has 10 heteroatoms. The van der Waals surface area contributed by atoms with Crippen molar-refractivity contribution in [2.45, 2.75) is 6.54 Å². The maximum Gasteiger partial charge on any atom is 0.420 e. The molecular weight excluding hydrogens is 336 g/mol. The normalized spacial score (nSPS) is 10.5. The Labute approximate surface area is 137 Å². The van der Waals surface area contributed by atoms with Crippen molar-refractivity contribution in [2.24, 2.45) is 0 Å². The van der Waals surface area contributed by atoms with Crippen molar-refractivity contribution in [3.05, 3.63) is 55.9 Å². The Bertz CT molecular complexity index is 1060. The van der Waals surface area contributed by atoms with E-state index in [-0.39, 0.29) is 16.8 Å². The van der Waals surface area contributed by atoms with Crippen LogP contribution in [0.1, 0.15) is 5.56 Å². The summed E-state index contributed by atoms with van der Waals surface area (Å²) in [5.41, 5.74) is 0.388. The number of anilines is 1. The lowest BCUT2D eigenvalue weighted by Crippen LogP contribution is -2.24. The van der Waals surface area contributed by atoms with Gasteiger partial charge in [0.05, 0.1) is 16.0 Å². The van der Waals surface area contributed by atoms with Gasteiger partial charge in [-0.2, -0.15) is 5.26 Å². The van der Waals surface area contributed by atoms with Crippen LogP contribution in [0.5, 0.6) is 0 Å². The number of nitrogens with zero attached hydrogens (tertiary/aromatic N) is 3. The molecule has 0 spiro atoms. The molecule has 0 unspecified atom stereocenters. The maximum atomic E-state index is 12.1. The van der Waals surface area contributed by atoms with Crippen LogP contribution in [-0.2, 0) is 11.3 Å². The quantitative estimate of drug-likeness (QED) is 0.569. The Balaban J connectivity index is 1.92. The summed E-state index contributed by atoms with van der Waals surface area (Å²) in [4.78, 5) is 34.2. The number of oxazole rings is 1. The van der Waals surface area contributed by atoms with Crippen LogP contribution in [0.4, 0.5) is 10.7 Å². The fraction of sp³-hybridized carbons (Fsp3) is 0.0714. The van der Waals surface area contributed by atoms with Crippen molar-refractivity contribution >= 4 is 39.0 Å². The summed E-state index contributed by atoms with van der Waals surface area (Å²) in [6.07, 6.45) is 0. The number of nitro groups is 1. The molecule has 1 aromatic carbocycles. The maximum absolute atomic E-state index is 12.1. The molecule has 3 aromatic rings. The largest absolute Gasteiger partial charge is 0.420 e. The molecule has 0 fully saturated rings. The molecule has 1 amide bonds. The number of aromatic nitrogens is 1. The molecule has 0 bridgehead atoms. The minimum atomic E-state index is -0.799. The highest BCUT2D eigenvalue weighted by atomic mass is 32.1. The van der Waals surface area contributed by atoms with Gasteiger partial charge in [0, 0.05) is 12.1 Å². The van der Waals surface area contributed by atoms with E-state index < -0.39 is 23.1 Å². The van der Waals surface area contributed by atoms with E-state index in [1.54, 1.807) is 11.4 Å². The summed E-state index contributed by atoms with van der Waals surface area (Å²) in [5, 5.41) is 24.3. The van der Waals surface area contributed by atoms with Crippen LogP contribution in [0.2, 0.25) is 0 Å². The van der Waals surface area contributed by atoms with Gasteiger partial charge in [0.1, 0.15) is 17.6 Å². The molecule has 1 N–H and O–H groups in total. The van der Waals surface area contributed by atoms with E-state index in [0.29, 0.717) is 10.6 Å². The summed E-state index contributed by atoms with van der Waals surface area (Å²) in [6.45, 7) is -0.393. The predicted octanol–water partition coefficient (Wildman–Crippen LogP) is 2.07. The molecule has 0 aliphatic carbocycles. The van der Waals surface area contributed by atoms with E-state index in [1.807, 2.05) is 6.07 Å². The van der Waals surface area contributed by atoms with Crippen LogP contribution in [-0.4, -0.2) is 15.4 Å². The number of benzene rings is 1. The van der Waals surface area contributed by atoms with Gasteiger partial charge in [-0.3, -0.25) is 19.5 Å². The number of non-ortho nitro benzene ring substituents is 1. The summed E-state index contributed by atoms with van der Waals surface area (Å²) >= 11 is 1.17. The first-order valence-electron chi connectivity index (χ1n) is 6.55. The molecule has 24 heavy (non-hydrogen) atoms. The monoisotopic (exact) mass is 344 g/mol.